The maximum atomic E-state index is 2.34. The molecule has 0 unspecified atom stereocenters. The van der Waals surface area contributed by atoms with Crippen LogP contribution in [0.25, 0.3) is 21.7 Å². The first kappa shape index (κ1) is 12.2. The van der Waals surface area contributed by atoms with Crippen LogP contribution in [-0.4, -0.2) is 0 Å². The summed E-state index contributed by atoms with van der Waals surface area (Å²) in [5.41, 5.74) is 2.81. The van der Waals surface area contributed by atoms with Gasteiger partial charge in [-0.25, -0.2) is 0 Å². The van der Waals surface area contributed by atoms with E-state index in [0.29, 0.717) is 0 Å². The van der Waals surface area contributed by atoms with Crippen molar-refractivity contribution in [1.82, 2.24) is 0 Å². The van der Waals surface area contributed by atoms with Gasteiger partial charge < -0.3 is 0 Å². The Kier molecular flexibility index (Phi) is 2.60. The number of pyridine rings is 1. The predicted octanol–water partition coefficient (Wildman–Crippen LogP) is 4.12. The summed E-state index contributed by atoms with van der Waals surface area (Å²) in [6.45, 7) is 6.84. The number of fused-ring (bicyclic) bond motifs is 3. The third kappa shape index (κ3) is 1.81. The van der Waals surface area contributed by atoms with Crippen molar-refractivity contribution < 1.29 is 4.57 Å². The van der Waals surface area contributed by atoms with Gasteiger partial charge in [0.2, 0.25) is 5.52 Å². The van der Waals surface area contributed by atoms with Crippen LogP contribution in [0.3, 0.4) is 0 Å². The Balaban J connectivity index is 2.63. The Labute approximate surface area is 114 Å². The van der Waals surface area contributed by atoms with Crippen LogP contribution in [0.5, 0.6) is 0 Å². The van der Waals surface area contributed by atoms with E-state index >= 15 is 0 Å². The maximum Gasteiger partial charge on any atom is 0.213 e. The molecule has 2 aromatic carbocycles. The molecule has 0 spiro atoms. The molecule has 0 saturated heterocycles. The van der Waals surface area contributed by atoms with E-state index < -0.39 is 0 Å². The predicted molar refractivity (Wildman–Crippen MR) is 81.3 cm³/mol. The van der Waals surface area contributed by atoms with Gasteiger partial charge in [0.1, 0.15) is 7.05 Å². The lowest BCUT2D eigenvalue weighted by atomic mass is 9.86. The van der Waals surface area contributed by atoms with E-state index in [2.05, 4.69) is 80.9 Å². The van der Waals surface area contributed by atoms with Crippen LogP contribution in [-0.2, 0) is 12.5 Å². The van der Waals surface area contributed by atoms with E-state index in [0.717, 1.165) is 0 Å². The maximum absolute atomic E-state index is 2.34. The molecule has 1 nitrogen and oxygen atoms in total. The van der Waals surface area contributed by atoms with Gasteiger partial charge in [-0.05, 0) is 12.1 Å². The molecule has 1 aromatic heterocycles. The van der Waals surface area contributed by atoms with Gasteiger partial charge in [0.25, 0.3) is 0 Å². The smallest absolute Gasteiger partial charge is 0.197 e. The molecule has 0 aliphatic heterocycles. The monoisotopic (exact) mass is 250 g/mol. The summed E-state index contributed by atoms with van der Waals surface area (Å²) in [6, 6.07) is 17.4. The second kappa shape index (κ2) is 4.06. The van der Waals surface area contributed by atoms with Gasteiger partial charge in [0, 0.05) is 16.9 Å². The van der Waals surface area contributed by atoms with E-state index in [9.17, 15) is 0 Å². The molecule has 0 bridgehead atoms. The lowest BCUT2D eigenvalue weighted by Gasteiger charge is -2.19. The summed E-state index contributed by atoms with van der Waals surface area (Å²) in [5.74, 6) is 0. The Morgan fingerprint density at radius 1 is 0.737 bits per heavy atom. The topological polar surface area (TPSA) is 3.88 Å². The first-order valence-corrected chi connectivity index (χ1v) is 6.80. The molecule has 0 radical (unpaired) electrons. The summed E-state index contributed by atoms with van der Waals surface area (Å²) in [7, 11) is 2.18. The number of aromatic nitrogens is 1. The second-order valence-electron chi connectivity index (χ2n) is 6.22. The van der Waals surface area contributed by atoms with E-state index in [4.69, 9.17) is 0 Å². The van der Waals surface area contributed by atoms with Crippen molar-refractivity contribution >= 4 is 21.7 Å². The van der Waals surface area contributed by atoms with Gasteiger partial charge in [-0.1, -0.05) is 51.1 Å². The van der Waals surface area contributed by atoms with E-state index in [1.54, 1.807) is 0 Å². The summed E-state index contributed by atoms with van der Waals surface area (Å²) in [4.78, 5) is 0. The fourth-order valence-electron chi connectivity index (χ4n) is 3.13. The van der Waals surface area contributed by atoms with Crippen LogP contribution in [0.15, 0.2) is 48.5 Å². The van der Waals surface area contributed by atoms with Crippen molar-refractivity contribution in [3.63, 3.8) is 0 Å². The lowest BCUT2D eigenvalue weighted by Crippen LogP contribution is -2.40. The Morgan fingerprint density at radius 2 is 1.26 bits per heavy atom. The highest BCUT2D eigenvalue weighted by atomic mass is 14.9. The fourth-order valence-corrected chi connectivity index (χ4v) is 3.13. The number of rotatable bonds is 0. The van der Waals surface area contributed by atoms with Gasteiger partial charge in [-0.2, -0.15) is 4.57 Å². The third-order valence-electron chi connectivity index (χ3n) is 3.78. The van der Waals surface area contributed by atoms with E-state index in [1.807, 2.05) is 0 Å². The largest absolute Gasteiger partial charge is 0.213 e. The van der Waals surface area contributed by atoms with Gasteiger partial charge >= 0.3 is 0 Å². The SMILES string of the molecule is C[n+]1c(C(C)(C)C)c2ccccc2c2ccccc21. The van der Waals surface area contributed by atoms with Gasteiger partial charge in [-0.3, -0.25) is 0 Å². The molecule has 0 aliphatic carbocycles. The minimum Gasteiger partial charge on any atom is -0.197 e. The molecule has 96 valence electrons. The molecule has 3 aromatic rings. The zero-order valence-corrected chi connectivity index (χ0v) is 12.1. The minimum absolute atomic E-state index is 0.123. The molecule has 0 saturated carbocycles. The number of benzene rings is 2. The zero-order chi connectivity index (χ0) is 13.6. The molecule has 1 heteroatoms. The van der Waals surface area contributed by atoms with Gasteiger partial charge in [0.05, 0.1) is 10.8 Å². The standard InChI is InChI=1S/C18H20N/c1-18(2,3)17-15-11-6-5-9-13(15)14-10-7-8-12-16(14)19(17)4/h5-12H,1-4H3/q+1. The lowest BCUT2D eigenvalue weighted by molar-refractivity contribution is -0.654. The van der Waals surface area contributed by atoms with Gasteiger partial charge in [0.15, 0.2) is 5.69 Å². The highest BCUT2D eigenvalue weighted by Gasteiger charge is 2.28. The van der Waals surface area contributed by atoms with Gasteiger partial charge in [-0.15, -0.1) is 0 Å². The normalized spacial score (nSPS) is 12.2. The fraction of sp³-hybridized carbons (Fsp3) is 0.278. The van der Waals surface area contributed by atoms with Crippen LogP contribution in [0.2, 0.25) is 0 Å². The Hall–Kier alpha value is -1.89. The van der Waals surface area contributed by atoms with Crippen molar-refractivity contribution in [1.29, 1.82) is 0 Å². The molecule has 0 aliphatic rings. The van der Waals surface area contributed by atoms with Crippen molar-refractivity contribution in [3.8, 4) is 0 Å². The second-order valence-corrected chi connectivity index (χ2v) is 6.22. The average molecular weight is 250 g/mol. The molecule has 3 rings (SSSR count). The Morgan fingerprint density at radius 3 is 1.89 bits per heavy atom. The first-order valence-electron chi connectivity index (χ1n) is 6.80. The van der Waals surface area contributed by atoms with Crippen molar-refractivity contribution in [2.45, 2.75) is 26.2 Å². The van der Waals surface area contributed by atoms with Crippen molar-refractivity contribution in [2.75, 3.05) is 0 Å². The molecular formula is C18H20N+. The molecule has 0 fully saturated rings. The van der Waals surface area contributed by atoms with Crippen molar-refractivity contribution in [3.05, 3.63) is 54.2 Å². The molecule has 0 amide bonds. The van der Waals surface area contributed by atoms with Crippen molar-refractivity contribution in [2.24, 2.45) is 7.05 Å². The highest BCUT2D eigenvalue weighted by molar-refractivity contribution is 6.05. The summed E-state index contributed by atoms with van der Waals surface area (Å²) in [6.07, 6.45) is 0. The zero-order valence-electron chi connectivity index (χ0n) is 12.1. The summed E-state index contributed by atoms with van der Waals surface area (Å²) in [5, 5.41) is 4.03. The number of aryl methyl sites for hydroxylation is 1. The molecule has 0 atom stereocenters. The third-order valence-corrected chi connectivity index (χ3v) is 3.78. The van der Waals surface area contributed by atoms with E-state index in [-0.39, 0.29) is 5.41 Å². The molecule has 19 heavy (non-hydrogen) atoms. The van der Waals surface area contributed by atoms with Crippen LogP contribution in [0, 0.1) is 0 Å². The summed E-state index contributed by atoms with van der Waals surface area (Å²) < 4.78 is 2.34. The average Bonchev–Trinajstić information content (AvgIpc) is 2.38. The number of para-hydroxylation sites is 1. The Bertz CT molecular complexity index is 764. The van der Waals surface area contributed by atoms with Crippen LogP contribution in [0.4, 0.5) is 0 Å². The van der Waals surface area contributed by atoms with Crippen LogP contribution < -0.4 is 4.57 Å². The van der Waals surface area contributed by atoms with E-state index in [1.165, 1.54) is 27.4 Å². The first-order chi connectivity index (χ1) is 9.00. The number of nitrogens with zero attached hydrogens (tertiary/aromatic N) is 1. The minimum atomic E-state index is 0.123. The highest BCUT2D eigenvalue weighted by Crippen LogP contribution is 2.31. The summed E-state index contributed by atoms with van der Waals surface area (Å²) >= 11 is 0. The van der Waals surface area contributed by atoms with Crippen LogP contribution in [0.1, 0.15) is 26.5 Å². The molecule has 0 N–H and O–H groups in total. The number of hydrogen-bond donors (Lipinski definition) is 0. The van der Waals surface area contributed by atoms with Crippen LogP contribution >= 0.6 is 0 Å². The molecular weight excluding hydrogens is 230 g/mol. The quantitative estimate of drug-likeness (QED) is 0.417. The molecule has 1 heterocycles. The number of hydrogen-bond acceptors (Lipinski definition) is 0.